The fraction of sp³-hybridized carbons (Fsp3) is 0.412. The molecule has 0 saturated carbocycles. The molecule has 1 aliphatic rings. The van der Waals surface area contributed by atoms with E-state index in [1.165, 1.54) is 0 Å². The molecular formula is C17H21NO4. The summed E-state index contributed by atoms with van der Waals surface area (Å²) in [5.41, 5.74) is 0.187. The third kappa shape index (κ3) is 2.36. The van der Waals surface area contributed by atoms with Crippen molar-refractivity contribution in [3.8, 4) is 5.75 Å². The minimum Gasteiger partial charge on any atom is -0.464 e. The van der Waals surface area contributed by atoms with Crippen molar-refractivity contribution in [3.63, 3.8) is 0 Å². The molecule has 0 radical (unpaired) electrons. The fourth-order valence-electron chi connectivity index (χ4n) is 2.80. The predicted molar refractivity (Wildman–Crippen MR) is 84.0 cm³/mol. The van der Waals surface area contributed by atoms with Crippen LogP contribution in [0.15, 0.2) is 30.9 Å². The number of aryl methyl sites for hydroxylation is 1. The largest absolute Gasteiger partial charge is 0.464 e. The summed E-state index contributed by atoms with van der Waals surface area (Å²) in [4.78, 5) is 27.0. The first-order chi connectivity index (χ1) is 10.5. The Kier molecular flexibility index (Phi) is 4.54. The van der Waals surface area contributed by atoms with Crippen LogP contribution in [0, 0.1) is 6.92 Å². The van der Waals surface area contributed by atoms with E-state index in [2.05, 4.69) is 6.58 Å². The maximum atomic E-state index is 12.7. The Labute approximate surface area is 130 Å². The van der Waals surface area contributed by atoms with Crippen LogP contribution in [0.2, 0.25) is 0 Å². The summed E-state index contributed by atoms with van der Waals surface area (Å²) < 4.78 is 10.6. The van der Waals surface area contributed by atoms with Crippen molar-refractivity contribution >= 4 is 17.6 Å². The molecule has 0 N–H and O–H groups in total. The number of hydrogen-bond acceptors (Lipinski definition) is 5. The zero-order valence-electron chi connectivity index (χ0n) is 13.2. The highest BCUT2D eigenvalue weighted by Gasteiger charge is 2.56. The Morgan fingerprint density at radius 1 is 1.45 bits per heavy atom. The molecule has 22 heavy (non-hydrogen) atoms. The van der Waals surface area contributed by atoms with Crippen molar-refractivity contribution in [2.24, 2.45) is 0 Å². The molecule has 0 aliphatic carbocycles. The molecule has 0 bridgehead atoms. The highest BCUT2D eigenvalue weighted by Crippen LogP contribution is 2.41. The summed E-state index contributed by atoms with van der Waals surface area (Å²) in [5.74, 6) is -0.755. The Morgan fingerprint density at radius 3 is 2.77 bits per heavy atom. The minimum atomic E-state index is -1.51. The van der Waals surface area contributed by atoms with Crippen LogP contribution < -0.4 is 9.64 Å². The van der Waals surface area contributed by atoms with Crippen molar-refractivity contribution in [1.29, 1.82) is 0 Å². The number of ether oxygens (including phenoxy) is 2. The van der Waals surface area contributed by atoms with E-state index in [-0.39, 0.29) is 13.0 Å². The van der Waals surface area contributed by atoms with E-state index in [0.717, 1.165) is 5.56 Å². The Balaban J connectivity index is 2.61. The van der Waals surface area contributed by atoms with Gasteiger partial charge in [-0.25, -0.2) is 9.59 Å². The van der Waals surface area contributed by atoms with Gasteiger partial charge in [0, 0.05) is 13.0 Å². The van der Waals surface area contributed by atoms with Gasteiger partial charge in [0.05, 0.1) is 12.3 Å². The van der Waals surface area contributed by atoms with E-state index in [0.29, 0.717) is 18.0 Å². The van der Waals surface area contributed by atoms with E-state index in [1.54, 1.807) is 24.0 Å². The summed E-state index contributed by atoms with van der Waals surface area (Å²) in [6, 6.07) is 5.57. The number of rotatable bonds is 5. The first-order valence-electron chi connectivity index (χ1n) is 7.40. The van der Waals surface area contributed by atoms with E-state index in [4.69, 9.17) is 9.47 Å². The summed E-state index contributed by atoms with van der Waals surface area (Å²) >= 11 is 0. The molecule has 0 saturated heterocycles. The molecule has 0 spiro atoms. The second kappa shape index (κ2) is 6.22. The SMILES string of the molecule is C=CCC1(C(=O)OCC)C(=O)Oc2cc(C)ccc2N1CC. The molecule has 118 valence electrons. The van der Waals surface area contributed by atoms with E-state index in [9.17, 15) is 9.59 Å². The molecule has 1 heterocycles. The molecule has 1 aliphatic heterocycles. The smallest absolute Gasteiger partial charge is 0.349 e. The van der Waals surface area contributed by atoms with Crippen molar-refractivity contribution in [2.45, 2.75) is 32.7 Å². The number of anilines is 1. The number of esters is 2. The van der Waals surface area contributed by atoms with Crippen LogP contribution in [0.3, 0.4) is 0 Å². The molecule has 1 aromatic rings. The van der Waals surface area contributed by atoms with Crippen LogP contribution in [0.4, 0.5) is 5.69 Å². The molecule has 1 unspecified atom stereocenters. The van der Waals surface area contributed by atoms with Crippen LogP contribution in [0.1, 0.15) is 25.8 Å². The van der Waals surface area contributed by atoms with Crippen LogP contribution in [-0.2, 0) is 14.3 Å². The van der Waals surface area contributed by atoms with Gasteiger partial charge in [0.15, 0.2) is 5.75 Å². The zero-order chi connectivity index (χ0) is 16.3. The average Bonchev–Trinajstić information content (AvgIpc) is 2.48. The van der Waals surface area contributed by atoms with Gasteiger partial charge in [-0.1, -0.05) is 12.1 Å². The molecule has 0 amide bonds. The second-order valence-electron chi connectivity index (χ2n) is 5.18. The Bertz CT molecular complexity index is 611. The highest BCUT2D eigenvalue weighted by atomic mass is 16.6. The van der Waals surface area contributed by atoms with E-state index in [1.807, 2.05) is 26.0 Å². The number of hydrogen-bond donors (Lipinski definition) is 0. The standard InChI is InChI=1S/C17H21NO4/c1-5-10-17(15(19)21-7-3)16(20)22-14-11-12(4)8-9-13(14)18(17)6-2/h5,8-9,11H,1,6-7,10H2,2-4H3. The summed E-state index contributed by atoms with van der Waals surface area (Å²) in [6.07, 6.45) is 1.67. The second-order valence-corrected chi connectivity index (χ2v) is 5.18. The van der Waals surface area contributed by atoms with Crippen LogP contribution >= 0.6 is 0 Å². The number of likely N-dealkylation sites (N-methyl/N-ethyl adjacent to an activating group) is 1. The summed E-state index contributed by atoms with van der Waals surface area (Å²) in [7, 11) is 0. The predicted octanol–water partition coefficient (Wildman–Crippen LogP) is 2.62. The molecule has 5 heteroatoms. The molecule has 0 fully saturated rings. The summed E-state index contributed by atoms with van der Waals surface area (Å²) in [6.45, 7) is 9.86. The number of benzene rings is 1. The minimum absolute atomic E-state index is 0.131. The molecule has 1 atom stereocenters. The normalized spacial score (nSPS) is 20.1. The van der Waals surface area contributed by atoms with Gasteiger partial charge < -0.3 is 14.4 Å². The van der Waals surface area contributed by atoms with Gasteiger partial charge in [0.2, 0.25) is 5.54 Å². The number of carbonyl (C=O) groups excluding carboxylic acids is 2. The van der Waals surface area contributed by atoms with Crippen molar-refractivity contribution < 1.29 is 19.1 Å². The third-order valence-corrected chi connectivity index (χ3v) is 3.78. The van der Waals surface area contributed by atoms with Gasteiger partial charge in [0.1, 0.15) is 0 Å². The highest BCUT2D eigenvalue weighted by molar-refractivity contribution is 6.11. The van der Waals surface area contributed by atoms with Gasteiger partial charge in [-0.15, -0.1) is 6.58 Å². The van der Waals surface area contributed by atoms with E-state index < -0.39 is 17.5 Å². The van der Waals surface area contributed by atoms with Gasteiger partial charge in [-0.3, -0.25) is 0 Å². The number of fused-ring (bicyclic) bond motifs is 1. The van der Waals surface area contributed by atoms with Crippen molar-refractivity contribution in [1.82, 2.24) is 0 Å². The number of carbonyl (C=O) groups is 2. The average molecular weight is 303 g/mol. The first kappa shape index (κ1) is 16.1. The molecule has 5 nitrogen and oxygen atoms in total. The van der Waals surface area contributed by atoms with Crippen LogP contribution in [0.25, 0.3) is 0 Å². The lowest BCUT2D eigenvalue weighted by molar-refractivity contribution is -0.160. The van der Waals surface area contributed by atoms with Gasteiger partial charge in [-0.2, -0.15) is 0 Å². The fourth-order valence-corrected chi connectivity index (χ4v) is 2.80. The molecule has 0 aromatic heterocycles. The first-order valence-corrected chi connectivity index (χ1v) is 7.40. The third-order valence-electron chi connectivity index (χ3n) is 3.78. The quantitative estimate of drug-likeness (QED) is 0.362. The number of nitrogens with zero attached hydrogens (tertiary/aromatic N) is 1. The van der Waals surface area contributed by atoms with Gasteiger partial charge >= 0.3 is 11.9 Å². The van der Waals surface area contributed by atoms with Crippen LogP contribution in [0.5, 0.6) is 5.75 Å². The van der Waals surface area contributed by atoms with Crippen LogP contribution in [-0.4, -0.2) is 30.6 Å². The summed E-state index contributed by atoms with van der Waals surface area (Å²) in [5, 5.41) is 0. The molecule has 2 rings (SSSR count). The monoisotopic (exact) mass is 303 g/mol. The van der Waals surface area contributed by atoms with Crippen molar-refractivity contribution in [3.05, 3.63) is 36.4 Å². The Hall–Kier alpha value is -2.30. The van der Waals surface area contributed by atoms with Gasteiger partial charge in [0.25, 0.3) is 0 Å². The lowest BCUT2D eigenvalue weighted by atomic mass is 9.90. The zero-order valence-corrected chi connectivity index (χ0v) is 13.2. The van der Waals surface area contributed by atoms with Crippen molar-refractivity contribution in [2.75, 3.05) is 18.1 Å². The topological polar surface area (TPSA) is 55.8 Å². The molecule has 1 aromatic carbocycles. The Morgan fingerprint density at radius 2 is 2.18 bits per heavy atom. The van der Waals surface area contributed by atoms with Gasteiger partial charge in [-0.05, 0) is 38.5 Å². The maximum Gasteiger partial charge on any atom is 0.349 e. The lowest BCUT2D eigenvalue weighted by Gasteiger charge is -2.43. The maximum absolute atomic E-state index is 12.7. The van der Waals surface area contributed by atoms with E-state index >= 15 is 0 Å². The lowest BCUT2D eigenvalue weighted by Crippen LogP contribution is -2.64. The molecular weight excluding hydrogens is 282 g/mol.